The Morgan fingerprint density at radius 1 is 1.12 bits per heavy atom. The molecular formula is C19H25N3O2. The Hall–Kier alpha value is -1.69. The first-order valence-corrected chi connectivity index (χ1v) is 8.93. The Morgan fingerprint density at radius 3 is 2.83 bits per heavy atom. The van der Waals surface area contributed by atoms with Crippen molar-refractivity contribution >= 4 is 0 Å². The average molecular weight is 327 g/mol. The number of H-pyrrole nitrogens is 1. The van der Waals surface area contributed by atoms with Gasteiger partial charge in [0.1, 0.15) is 0 Å². The highest BCUT2D eigenvalue weighted by molar-refractivity contribution is 5.64. The monoisotopic (exact) mass is 327 g/mol. The van der Waals surface area contributed by atoms with Crippen LogP contribution in [0.4, 0.5) is 0 Å². The van der Waals surface area contributed by atoms with Gasteiger partial charge in [-0.2, -0.15) is 5.10 Å². The highest BCUT2D eigenvalue weighted by atomic mass is 16.6. The van der Waals surface area contributed by atoms with Crippen LogP contribution in [0.1, 0.15) is 17.7 Å². The smallest absolute Gasteiger partial charge is 0.0955 e. The van der Waals surface area contributed by atoms with Gasteiger partial charge in [0.15, 0.2) is 0 Å². The Labute approximate surface area is 143 Å². The van der Waals surface area contributed by atoms with Crippen molar-refractivity contribution in [3.8, 4) is 11.3 Å². The van der Waals surface area contributed by atoms with Gasteiger partial charge >= 0.3 is 0 Å². The fourth-order valence-electron chi connectivity index (χ4n) is 3.62. The van der Waals surface area contributed by atoms with Gasteiger partial charge in [-0.05, 0) is 12.8 Å². The normalized spacial score (nSPS) is 22.1. The standard InChI is InChI=1S/C19H25N3O2/c1-2-4-15(5-3-1)19-17-7-10-22(11-8-18(17)20-21-19)9-6-16-14-23-12-13-24-16/h1-5,16H,6-14H2,(H,20,21). The third-order valence-corrected chi connectivity index (χ3v) is 5.01. The SMILES string of the molecule is c1ccc(-c2n[nH]c3c2CCN(CCC2COCCO2)CC3)cc1. The molecule has 1 fully saturated rings. The van der Waals surface area contributed by atoms with Crippen LogP contribution in [0.2, 0.25) is 0 Å². The molecular weight excluding hydrogens is 302 g/mol. The Kier molecular flexibility index (Phi) is 4.92. The molecule has 0 bridgehead atoms. The summed E-state index contributed by atoms with van der Waals surface area (Å²) in [5, 5.41) is 7.84. The second kappa shape index (κ2) is 7.47. The second-order valence-electron chi connectivity index (χ2n) is 6.59. The van der Waals surface area contributed by atoms with Crippen molar-refractivity contribution in [3.63, 3.8) is 0 Å². The van der Waals surface area contributed by atoms with Gasteiger partial charge in [0.2, 0.25) is 0 Å². The Bertz CT molecular complexity index is 650. The number of nitrogens with zero attached hydrogens (tertiary/aromatic N) is 2. The molecule has 1 saturated heterocycles. The van der Waals surface area contributed by atoms with Crippen LogP contribution in [0.15, 0.2) is 30.3 Å². The molecule has 1 N–H and O–H groups in total. The van der Waals surface area contributed by atoms with E-state index in [0.717, 1.165) is 64.4 Å². The number of aromatic nitrogens is 2. The average Bonchev–Trinajstić information content (AvgIpc) is 2.95. The predicted octanol–water partition coefficient (Wildman–Crippen LogP) is 2.28. The summed E-state index contributed by atoms with van der Waals surface area (Å²) in [7, 11) is 0. The molecule has 2 aliphatic heterocycles. The van der Waals surface area contributed by atoms with Crippen molar-refractivity contribution in [3.05, 3.63) is 41.6 Å². The van der Waals surface area contributed by atoms with Gasteiger partial charge in [0, 0.05) is 42.9 Å². The van der Waals surface area contributed by atoms with Crippen molar-refractivity contribution in [2.24, 2.45) is 0 Å². The molecule has 0 spiro atoms. The minimum Gasteiger partial charge on any atom is -0.376 e. The topological polar surface area (TPSA) is 50.4 Å². The van der Waals surface area contributed by atoms with Gasteiger partial charge in [-0.15, -0.1) is 0 Å². The summed E-state index contributed by atoms with van der Waals surface area (Å²) < 4.78 is 11.2. The molecule has 0 aliphatic carbocycles. The van der Waals surface area contributed by atoms with E-state index in [1.807, 2.05) is 6.07 Å². The molecule has 5 heteroatoms. The lowest BCUT2D eigenvalue weighted by atomic mass is 10.0. The number of nitrogens with one attached hydrogen (secondary N) is 1. The highest BCUT2D eigenvalue weighted by Crippen LogP contribution is 2.26. The van der Waals surface area contributed by atoms with E-state index < -0.39 is 0 Å². The lowest BCUT2D eigenvalue weighted by Gasteiger charge is -2.26. The van der Waals surface area contributed by atoms with Crippen LogP contribution in [0.25, 0.3) is 11.3 Å². The van der Waals surface area contributed by atoms with Gasteiger partial charge in [-0.3, -0.25) is 5.10 Å². The summed E-state index contributed by atoms with van der Waals surface area (Å²) >= 11 is 0. The van der Waals surface area contributed by atoms with E-state index in [1.165, 1.54) is 16.8 Å². The lowest BCUT2D eigenvalue weighted by Crippen LogP contribution is -2.34. The first-order chi connectivity index (χ1) is 11.9. The van der Waals surface area contributed by atoms with Crippen LogP contribution >= 0.6 is 0 Å². The number of aromatic amines is 1. The first kappa shape index (κ1) is 15.8. The van der Waals surface area contributed by atoms with Crippen molar-refractivity contribution in [1.29, 1.82) is 0 Å². The minimum absolute atomic E-state index is 0.265. The number of rotatable bonds is 4. The Balaban J connectivity index is 1.38. The zero-order valence-electron chi connectivity index (χ0n) is 14.0. The van der Waals surface area contributed by atoms with Crippen LogP contribution in [-0.4, -0.2) is 60.7 Å². The molecule has 5 nitrogen and oxygen atoms in total. The van der Waals surface area contributed by atoms with E-state index >= 15 is 0 Å². The van der Waals surface area contributed by atoms with E-state index in [0.29, 0.717) is 0 Å². The maximum atomic E-state index is 5.76. The molecule has 0 amide bonds. The second-order valence-corrected chi connectivity index (χ2v) is 6.59. The van der Waals surface area contributed by atoms with Crippen LogP contribution in [-0.2, 0) is 22.3 Å². The summed E-state index contributed by atoms with van der Waals surface area (Å²) in [5.41, 5.74) is 5.02. The Morgan fingerprint density at radius 2 is 2.00 bits per heavy atom. The summed E-state index contributed by atoms with van der Waals surface area (Å²) in [5.74, 6) is 0. The first-order valence-electron chi connectivity index (χ1n) is 8.93. The summed E-state index contributed by atoms with van der Waals surface area (Å²) in [6.07, 6.45) is 3.41. The van der Waals surface area contributed by atoms with Crippen molar-refractivity contribution < 1.29 is 9.47 Å². The van der Waals surface area contributed by atoms with Gasteiger partial charge < -0.3 is 14.4 Å². The van der Waals surface area contributed by atoms with Gasteiger partial charge in [-0.1, -0.05) is 30.3 Å². The molecule has 4 rings (SSSR count). The van der Waals surface area contributed by atoms with E-state index in [4.69, 9.17) is 9.47 Å². The van der Waals surface area contributed by atoms with Crippen LogP contribution in [0, 0.1) is 0 Å². The maximum Gasteiger partial charge on any atom is 0.0955 e. The van der Waals surface area contributed by atoms with Crippen LogP contribution in [0.5, 0.6) is 0 Å². The molecule has 1 aromatic carbocycles. The molecule has 128 valence electrons. The predicted molar refractivity (Wildman–Crippen MR) is 93.0 cm³/mol. The number of ether oxygens (including phenoxy) is 2. The van der Waals surface area contributed by atoms with E-state index in [2.05, 4.69) is 39.4 Å². The van der Waals surface area contributed by atoms with Gasteiger partial charge in [0.25, 0.3) is 0 Å². The third-order valence-electron chi connectivity index (χ3n) is 5.01. The van der Waals surface area contributed by atoms with E-state index in [1.54, 1.807) is 0 Å². The van der Waals surface area contributed by atoms with Crippen LogP contribution in [0.3, 0.4) is 0 Å². The molecule has 3 heterocycles. The maximum absolute atomic E-state index is 5.76. The van der Waals surface area contributed by atoms with Crippen LogP contribution < -0.4 is 0 Å². The quantitative estimate of drug-likeness (QED) is 0.936. The third kappa shape index (κ3) is 3.53. The van der Waals surface area contributed by atoms with Crippen molar-refractivity contribution in [1.82, 2.24) is 15.1 Å². The summed E-state index contributed by atoms with van der Waals surface area (Å²) in [4.78, 5) is 2.54. The summed E-state index contributed by atoms with van der Waals surface area (Å²) in [6, 6.07) is 10.5. The van der Waals surface area contributed by atoms with Crippen molar-refractivity contribution in [2.75, 3.05) is 39.5 Å². The number of fused-ring (bicyclic) bond motifs is 1. The molecule has 0 saturated carbocycles. The number of hydrogen-bond acceptors (Lipinski definition) is 4. The molecule has 2 aliphatic rings. The zero-order chi connectivity index (χ0) is 16.2. The molecule has 1 aromatic heterocycles. The molecule has 24 heavy (non-hydrogen) atoms. The summed E-state index contributed by atoms with van der Waals surface area (Å²) in [6.45, 7) is 5.46. The fourth-order valence-corrected chi connectivity index (χ4v) is 3.62. The van der Waals surface area contributed by atoms with E-state index in [9.17, 15) is 0 Å². The molecule has 0 radical (unpaired) electrons. The largest absolute Gasteiger partial charge is 0.376 e. The van der Waals surface area contributed by atoms with Gasteiger partial charge in [-0.25, -0.2) is 0 Å². The zero-order valence-corrected chi connectivity index (χ0v) is 14.0. The highest BCUT2D eigenvalue weighted by Gasteiger charge is 2.21. The minimum atomic E-state index is 0.265. The van der Waals surface area contributed by atoms with Gasteiger partial charge in [0.05, 0.1) is 31.6 Å². The molecule has 1 unspecified atom stereocenters. The molecule has 2 aromatic rings. The number of benzene rings is 1. The molecule has 1 atom stereocenters. The fraction of sp³-hybridized carbons (Fsp3) is 0.526. The lowest BCUT2D eigenvalue weighted by molar-refractivity contribution is -0.0926. The number of hydrogen-bond donors (Lipinski definition) is 1. The van der Waals surface area contributed by atoms with E-state index in [-0.39, 0.29) is 6.10 Å². The van der Waals surface area contributed by atoms with Crippen molar-refractivity contribution in [2.45, 2.75) is 25.4 Å².